The molecule has 7 heteroatoms. The Morgan fingerprint density at radius 2 is 1.86 bits per heavy atom. The lowest BCUT2D eigenvalue weighted by molar-refractivity contribution is 0.147. The first-order valence-electron chi connectivity index (χ1n) is 6.79. The van der Waals surface area contributed by atoms with Crippen molar-refractivity contribution in [1.29, 1.82) is 0 Å². The van der Waals surface area contributed by atoms with E-state index in [1.165, 1.54) is 5.56 Å². The van der Waals surface area contributed by atoms with Crippen molar-refractivity contribution in [2.24, 2.45) is 5.84 Å². The van der Waals surface area contributed by atoms with Crippen LogP contribution < -0.4 is 11.3 Å². The average Bonchev–Trinajstić information content (AvgIpc) is 2.92. The summed E-state index contributed by atoms with van der Waals surface area (Å²) in [5.74, 6) is 4.93. The van der Waals surface area contributed by atoms with E-state index >= 15 is 0 Å². The summed E-state index contributed by atoms with van der Waals surface area (Å²) in [6.45, 7) is 2.34. The fraction of sp³-hybridized carbons (Fsp3) is 0.333. The molecule has 5 nitrogen and oxygen atoms in total. The second kappa shape index (κ2) is 9.40. The SMILES string of the molecule is Cc1nc(CCc2ccc(CCOC(=O)NN)cc2)cs1.Cl. The molecule has 0 aliphatic carbocycles. The Morgan fingerprint density at radius 3 is 2.41 bits per heavy atom. The van der Waals surface area contributed by atoms with Gasteiger partial charge in [-0.15, -0.1) is 23.7 Å². The molecule has 0 atom stereocenters. The van der Waals surface area contributed by atoms with Crippen LogP contribution in [0.25, 0.3) is 0 Å². The minimum Gasteiger partial charge on any atom is -0.448 e. The van der Waals surface area contributed by atoms with Gasteiger partial charge in [0.1, 0.15) is 0 Å². The van der Waals surface area contributed by atoms with Crippen LogP contribution in [0, 0.1) is 6.92 Å². The highest BCUT2D eigenvalue weighted by Crippen LogP contribution is 2.12. The van der Waals surface area contributed by atoms with E-state index in [2.05, 4.69) is 34.6 Å². The van der Waals surface area contributed by atoms with Crippen LogP contribution in [0.2, 0.25) is 0 Å². The molecule has 2 rings (SSSR count). The molecule has 1 aromatic carbocycles. The average molecular weight is 342 g/mol. The number of rotatable bonds is 6. The molecule has 0 bridgehead atoms. The monoisotopic (exact) mass is 341 g/mol. The van der Waals surface area contributed by atoms with E-state index in [0.717, 1.165) is 29.1 Å². The first-order chi connectivity index (χ1) is 10.2. The number of hydrogen-bond acceptors (Lipinski definition) is 5. The van der Waals surface area contributed by atoms with Gasteiger partial charge in [0, 0.05) is 11.8 Å². The molecule has 0 spiro atoms. The van der Waals surface area contributed by atoms with Gasteiger partial charge in [-0.1, -0.05) is 24.3 Å². The summed E-state index contributed by atoms with van der Waals surface area (Å²) >= 11 is 1.69. The van der Waals surface area contributed by atoms with Crippen LogP contribution in [0.5, 0.6) is 0 Å². The summed E-state index contributed by atoms with van der Waals surface area (Å²) in [4.78, 5) is 15.3. The fourth-order valence-corrected chi connectivity index (χ4v) is 2.62. The summed E-state index contributed by atoms with van der Waals surface area (Å²) in [5.41, 5.74) is 5.50. The highest BCUT2D eigenvalue weighted by atomic mass is 35.5. The van der Waals surface area contributed by atoms with Gasteiger partial charge in [-0.05, 0) is 30.9 Å². The molecule has 1 aromatic heterocycles. The van der Waals surface area contributed by atoms with Crippen molar-refractivity contribution in [3.8, 4) is 0 Å². The summed E-state index contributed by atoms with van der Waals surface area (Å²) in [7, 11) is 0. The Bertz CT molecular complexity index is 587. The van der Waals surface area contributed by atoms with Crippen LogP contribution in [-0.2, 0) is 24.0 Å². The zero-order chi connectivity index (χ0) is 15.1. The zero-order valence-electron chi connectivity index (χ0n) is 12.4. The fourth-order valence-electron chi connectivity index (χ4n) is 1.97. The molecule has 3 N–H and O–H groups in total. The van der Waals surface area contributed by atoms with Crippen molar-refractivity contribution in [2.45, 2.75) is 26.2 Å². The number of carbonyl (C=O) groups is 1. The van der Waals surface area contributed by atoms with Crippen LogP contribution >= 0.6 is 23.7 Å². The van der Waals surface area contributed by atoms with E-state index in [-0.39, 0.29) is 12.4 Å². The molecule has 2 aromatic rings. The Balaban J connectivity index is 0.00000242. The molecule has 0 fully saturated rings. The maximum Gasteiger partial charge on any atom is 0.421 e. The normalized spacial score (nSPS) is 9.91. The summed E-state index contributed by atoms with van der Waals surface area (Å²) < 4.78 is 4.85. The van der Waals surface area contributed by atoms with Crippen molar-refractivity contribution in [2.75, 3.05) is 6.61 Å². The molecule has 22 heavy (non-hydrogen) atoms. The molecule has 1 heterocycles. The van der Waals surface area contributed by atoms with Gasteiger partial charge >= 0.3 is 6.09 Å². The number of ether oxygens (including phenoxy) is 1. The Morgan fingerprint density at radius 1 is 1.23 bits per heavy atom. The summed E-state index contributed by atoms with van der Waals surface area (Å²) in [5, 5.41) is 3.23. The maximum atomic E-state index is 10.8. The largest absolute Gasteiger partial charge is 0.448 e. The minimum atomic E-state index is -0.606. The van der Waals surface area contributed by atoms with Gasteiger partial charge < -0.3 is 4.74 Å². The highest BCUT2D eigenvalue weighted by Gasteiger charge is 2.01. The number of amides is 1. The smallest absolute Gasteiger partial charge is 0.421 e. The van der Waals surface area contributed by atoms with E-state index < -0.39 is 6.09 Å². The first-order valence-corrected chi connectivity index (χ1v) is 7.67. The second-order valence-corrected chi connectivity index (χ2v) is 5.77. The highest BCUT2D eigenvalue weighted by molar-refractivity contribution is 7.09. The predicted molar refractivity (Wildman–Crippen MR) is 90.3 cm³/mol. The minimum absolute atomic E-state index is 0. The molecule has 0 saturated carbocycles. The lowest BCUT2D eigenvalue weighted by atomic mass is 10.1. The molecular weight excluding hydrogens is 322 g/mol. The Hall–Kier alpha value is -1.63. The number of nitrogens with two attached hydrogens (primary N) is 1. The number of aromatic nitrogens is 1. The molecular formula is C15H20ClN3O2S. The van der Waals surface area contributed by atoms with E-state index in [4.69, 9.17) is 10.6 Å². The van der Waals surface area contributed by atoms with Gasteiger partial charge in [-0.3, -0.25) is 5.43 Å². The van der Waals surface area contributed by atoms with Gasteiger partial charge in [0.15, 0.2) is 0 Å². The third-order valence-corrected chi connectivity index (χ3v) is 3.92. The predicted octanol–water partition coefficient (Wildman–Crippen LogP) is 2.80. The number of aryl methyl sites for hydroxylation is 3. The number of nitrogens with one attached hydrogen (secondary N) is 1. The van der Waals surface area contributed by atoms with Crippen molar-refractivity contribution in [1.82, 2.24) is 10.4 Å². The maximum absolute atomic E-state index is 10.8. The second-order valence-electron chi connectivity index (χ2n) is 4.70. The number of benzene rings is 1. The Kier molecular flexibility index (Phi) is 7.87. The van der Waals surface area contributed by atoms with E-state index in [1.807, 2.05) is 12.3 Å². The van der Waals surface area contributed by atoms with Gasteiger partial charge in [-0.25, -0.2) is 15.6 Å². The van der Waals surface area contributed by atoms with Crippen LogP contribution in [0.15, 0.2) is 29.6 Å². The van der Waals surface area contributed by atoms with Crippen LogP contribution in [-0.4, -0.2) is 17.7 Å². The number of carbonyl (C=O) groups excluding carboxylic acids is 1. The molecule has 1 amide bonds. The van der Waals surface area contributed by atoms with Crippen LogP contribution in [0.4, 0.5) is 4.79 Å². The number of nitrogens with zero attached hydrogens (tertiary/aromatic N) is 1. The van der Waals surface area contributed by atoms with Crippen molar-refractivity contribution >= 4 is 29.8 Å². The van der Waals surface area contributed by atoms with E-state index in [9.17, 15) is 4.79 Å². The zero-order valence-corrected chi connectivity index (χ0v) is 14.0. The van der Waals surface area contributed by atoms with Crippen molar-refractivity contribution in [3.63, 3.8) is 0 Å². The number of halogens is 1. The standard InChI is InChI=1S/C15H19N3O2S.ClH/c1-11-17-14(10-21-11)7-6-12-2-4-13(5-3-12)8-9-20-15(19)18-16;/h2-5,10H,6-9,16H2,1H3,(H,18,19);1H. The third kappa shape index (κ3) is 6.01. The number of thiazole rings is 1. The van der Waals surface area contributed by atoms with Crippen molar-refractivity contribution < 1.29 is 9.53 Å². The Labute approximate surface area is 140 Å². The first kappa shape index (κ1) is 18.4. The number of hydrogen-bond donors (Lipinski definition) is 2. The third-order valence-electron chi connectivity index (χ3n) is 3.10. The molecule has 0 aliphatic rings. The lowest BCUT2D eigenvalue weighted by Crippen LogP contribution is -2.31. The quantitative estimate of drug-likeness (QED) is 0.481. The van der Waals surface area contributed by atoms with Gasteiger partial charge in [0.25, 0.3) is 0 Å². The summed E-state index contributed by atoms with van der Waals surface area (Å²) in [6.07, 6.45) is 2.02. The van der Waals surface area contributed by atoms with E-state index in [0.29, 0.717) is 13.0 Å². The van der Waals surface area contributed by atoms with Crippen LogP contribution in [0.3, 0.4) is 0 Å². The van der Waals surface area contributed by atoms with Gasteiger partial charge in [-0.2, -0.15) is 0 Å². The molecule has 0 aliphatic heterocycles. The summed E-state index contributed by atoms with van der Waals surface area (Å²) in [6, 6.07) is 8.34. The van der Waals surface area contributed by atoms with Gasteiger partial charge in [0.2, 0.25) is 0 Å². The van der Waals surface area contributed by atoms with Gasteiger partial charge in [0.05, 0.1) is 17.3 Å². The van der Waals surface area contributed by atoms with E-state index in [1.54, 1.807) is 11.3 Å². The van der Waals surface area contributed by atoms with Crippen LogP contribution in [0.1, 0.15) is 21.8 Å². The van der Waals surface area contributed by atoms with Crippen molar-refractivity contribution in [3.05, 3.63) is 51.5 Å². The molecule has 120 valence electrons. The molecule has 0 unspecified atom stereocenters. The molecule has 0 radical (unpaired) electrons. The lowest BCUT2D eigenvalue weighted by Gasteiger charge is -2.05. The molecule has 0 saturated heterocycles. The number of hydrazine groups is 1. The topological polar surface area (TPSA) is 77.2 Å².